The summed E-state index contributed by atoms with van der Waals surface area (Å²) in [4.78, 5) is 10.1. The lowest BCUT2D eigenvalue weighted by molar-refractivity contribution is -0.385. The zero-order chi connectivity index (χ0) is 10.8. The molecule has 1 atom stereocenters. The molecule has 0 aromatic heterocycles. The normalized spacial score (nSPS) is 19.1. The number of hydrogen-bond acceptors (Lipinski definition) is 4. The molecule has 1 aliphatic heterocycles. The molecule has 15 heavy (non-hydrogen) atoms. The second kappa shape index (κ2) is 3.86. The molecular formula is C10H11NO4. The van der Waals surface area contributed by atoms with Crippen molar-refractivity contribution in [3.8, 4) is 5.75 Å². The highest BCUT2D eigenvalue weighted by Crippen LogP contribution is 2.30. The maximum Gasteiger partial charge on any atom is 0.269 e. The Labute approximate surface area is 86.4 Å². The van der Waals surface area contributed by atoms with E-state index >= 15 is 0 Å². The maximum atomic E-state index is 10.5. The van der Waals surface area contributed by atoms with Gasteiger partial charge in [-0.1, -0.05) is 0 Å². The second-order valence-electron chi connectivity index (χ2n) is 3.51. The molecule has 5 heteroatoms. The maximum absolute atomic E-state index is 10.5. The first-order chi connectivity index (χ1) is 7.20. The van der Waals surface area contributed by atoms with E-state index in [9.17, 15) is 10.1 Å². The van der Waals surface area contributed by atoms with E-state index in [0.29, 0.717) is 18.6 Å². The first kappa shape index (κ1) is 9.92. The zero-order valence-corrected chi connectivity index (χ0v) is 8.05. The minimum absolute atomic E-state index is 0.0174. The van der Waals surface area contributed by atoms with E-state index in [-0.39, 0.29) is 18.4 Å². The van der Waals surface area contributed by atoms with Crippen molar-refractivity contribution in [2.24, 2.45) is 0 Å². The third-order valence-corrected chi connectivity index (χ3v) is 2.49. The summed E-state index contributed by atoms with van der Waals surface area (Å²) in [5.41, 5.74) is 0.925. The molecule has 1 heterocycles. The summed E-state index contributed by atoms with van der Waals surface area (Å²) >= 11 is 0. The average molecular weight is 209 g/mol. The van der Waals surface area contributed by atoms with Crippen LogP contribution >= 0.6 is 0 Å². The van der Waals surface area contributed by atoms with Crippen molar-refractivity contribution in [1.82, 2.24) is 0 Å². The van der Waals surface area contributed by atoms with Gasteiger partial charge in [0.05, 0.1) is 11.5 Å². The molecule has 0 aliphatic carbocycles. The monoisotopic (exact) mass is 209 g/mol. The predicted octanol–water partition coefficient (Wildman–Crippen LogP) is 1.28. The molecule has 1 aromatic rings. The number of rotatable bonds is 2. The van der Waals surface area contributed by atoms with Crippen LogP contribution in [0.25, 0.3) is 0 Å². The van der Waals surface area contributed by atoms with Gasteiger partial charge >= 0.3 is 0 Å². The number of hydrogen-bond donors (Lipinski definition) is 1. The predicted molar refractivity (Wildman–Crippen MR) is 52.9 cm³/mol. The van der Waals surface area contributed by atoms with E-state index in [0.717, 1.165) is 5.56 Å². The van der Waals surface area contributed by atoms with E-state index in [2.05, 4.69) is 0 Å². The Morgan fingerprint density at radius 1 is 1.60 bits per heavy atom. The van der Waals surface area contributed by atoms with Gasteiger partial charge in [0.25, 0.3) is 5.69 Å². The Bertz CT molecular complexity index is 391. The molecule has 2 rings (SSSR count). The van der Waals surface area contributed by atoms with Gasteiger partial charge in [-0.25, -0.2) is 0 Å². The van der Waals surface area contributed by atoms with Crippen LogP contribution in [-0.4, -0.2) is 22.7 Å². The van der Waals surface area contributed by atoms with Crippen LogP contribution in [0.4, 0.5) is 5.69 Å². The van der Waals surface area contributed by atoms with Crippen LogP contribution in [-0.2, 0) is 6.42 Å². The summed E-state index contributed by atoms with van der Waals surface area (Å²) in [5.74, 6) is 0.644. The number of ether oxygens (including phenoxy) is 1. The molecule has 1 N–H and O–H groups in total. The van der Waals surface area contributed by atoms with Crippen LogP contribution in [0.2, 0.25) is 0 Å². The lowest BCUT2D eigenvalue weighted by Gasteiger charge is -2.24. The Morgan fingerprint density at radius 2 is 2.40 bits per heavy atom. The Kier molecular flexibility index (Phi) is 2.55. The SMILES string of the molecule is O=[N+]([O-])c1ccc2c(c1)CCC(CO)O2. The van der Waals surface area contributed by atoms with E-state index in [1.807, 2.05) is 0 Å². The number of benzene rings is 1. The van der Waals surface area contributed by atoms with Gasteiger partial charge in [0.2, 0.25) is 0 Å². The minimum atomic E-state index is -0.418. The molecule has 1 aromatic carbocycles. The van der Waals surface area contributed by atoms with E-state index in [1.54, 1.807) is 6.07 Å². The minimum Gasteiger partial charge on any atom is -0.488 e. The van der Waals surface area contributed by atoms with Crippen molar-refractivity contribution in [1.29, 1.82) is 0 Å². The summed E-state index contributed by atoms with van der Waals surface area (Å²) in [6, 6.07) is 4.54. The quantitative estimate of drug-likeness (QED) is 0.588. The highest BCUT2D eigenvalue weighted by Gasteiger charge is 2.20. The van der Waals surface area contributed by atoms with Gasteiger partial charge in [-0.2, -0.15) is 0 Å². The molecule has 0 amide bonds. The fraction of sp³-hybridized carbons (Fsp3) is 0.400. The highest BCUT2D eigenvalue weighted by molar-refractivity contribution is 5.44. The van der Waals surface area contributed by atoms with E-state index < -0.39 is 4.92 Å². The standard InChI is InChI=1S/C10H11NO4/c12-6-9-3-1-7-5-8(11(13)14)2-4-10(7)15-9/h2,4-5,9,12H,1,3,6H2. The zero-order valence-electron chi connectivity index (χ0n) is 8.05. The van der Waals surface area contributed by atoms with Crippen molar-refractivity contribution in [3.05, 3.63) is 33.9 Å². The van der Waals surface area contributed by atoms with Crippen molar-refractivity contribution in [2.75, 3.05) is 6.61 Å². The third kappa shape index (κ3) is 1.92. The number of aliphatic hydroxyl groups is 1. The van der Waals surface area contributed by atoms with Crippen LogP contribution in [0.1, 0.15) is 12.0 Å². The second-order valence-corrected chi connectivity index (χ2v) is 3.51. The van der Waals surface area contributed by atoms with Crippen LogP contribution in [0.3, 0.4) is 0 Å². The molecule has 0 saturated carbocycles. The van der Waals surface area contributed by atoms with Gasteiger partial charge in [-0.15, -0.1) is 0 Å². The van der Waals surface area contributed by atoms with Crippen LogP contribution < -0.4 is 4.74 Å². The van der Waals surface area contributed by atoms with E-state index in [4.69, 9.17) is 9.84 Å². The molecule has 0 bridgehead atoms. The van der Waals surface area contributed by atoms with Crippen LogP contribution in [0.5, 0.6) is 5.75 Å². The summed E-state index contributed by atoms with van der Waals surface area (Å²) in [7, 11) is 0. The fourth-order valence-electron chi connectivity index (χ4n) is 1.67. The molecular weight excluding hydrogens is 198 g/mol. The van der Waals surface area contributed by atoms with Crippen molar-refractivity contribution >= 4 is 5.69 Å². The fourth-order valence-corrected chi connectivity index (χ4v) is 1.67. The Morgan fingerprint density at radius 3 is 3.07 bits per heavy atom. The van der Waals surface area contributed by atoms with Gasteiger partial charge < -0.3 is 9.84 Å². The molecule has 80 valence electrons. The molecule has 1 unspecified atom stereocenters. The smallest absolute Gasteiger partial charge is 0.269 e. The van der Waals surface area contributed by atoms with Crippen LogP contribution in [0, 0.1) is 10.1 Å². The number of nitrogens with zero attached hydrogens (tertiary/aromatic N) is 1. The Hall–Kier alpha value is -1.62. The van der Waals surface area contributed by atoms with Crippen molar-refractivity contribution in [2.45, 2.75) is 18.9 Å². The first-order valence-electron chi connectivity index (χ1n) is 4.75. The first-order valence-corrected chi connectivity index (χ1v) is 4.75. The van der Waals surface area contributed by atoms with E-state index in [1.165, 1.54) is 12.1 Å². The van der Waals surface area contributed by atoms with Gasteiger partial charge in [-0.05, 0) is 18.9 Å². The lowest BCUT2D eigenvalue weighted by Crippen LogP contribution is -2.26. The molecule has 0 radical (unpaired) electrons. The lowest BCUT2D eigenvalue weighted by atomic mass is 10.0. The number of aryl methyl sites for hydroxylation is 1. The van der Waals surface area contributed by atoms with Gasteiger partial charge in [0.1, 0.15) is 11.9 Å². The van der Waals surface area contributed by atoms with Gasteiger partial charge in [0, 0.05) is 17.7 Å². The summed E-state index contributed by atoms with van der Waals surface area (Å²) < 4.78 is 5.44. The largest absolute Gasteiger partial charge is 0.488 e. The third-order valence-electron chi connectivity index (χ3n) is 2.49. The molecule has 0 saturated heterocycles. The highest BCUT2D eigenvalue weighted by atomic mass is 16.6. The van der Waals surface area contributed by atoms with Gasteiger partial charge in [-0.3, -0.25) is 10.1 Å². The topological polar surface area (TPSA) is 72.6 Å². The molecule has 5 nitrogen and oxygen atoms in total. The van der Waals surface area contributed by atoms with Crippen LogP contribution in [0.15, 0.2) is 18.2 Å². The molecule has 0 spiro atoms. The van der Waals surface area contributed by atoms with Crippen molar-refractivity contribution < 1.29 is 14.8 Å². The van der Waals surface area contributed by atoms with Crippen molar-refractivity contribution in [3.63, 3.8) is 0 Å². The number of fused-ring (bicyclic) bond motifs is 1. The molecule has 1 aliphatic rings. The number of nitro groups is 1. The van der Waals surface area contributed by atoms with Gasteiger partial charge in [0.15, 0.2) is 0 Å². The number of aliphatic hydroxyl groups excluding tert-OH is 1. The molecule has 0 fully saturated rings. The Balaban J connectivity index is 2.28. The number of non-ortho nitro benzene ring substituents is 1. The summed E-state index contributed by atoms with van der Waals surface area (Å²) in [5, 5.41) is 19.5. The summed E-state index contributed by atoms with van der Waals surface area (Å²) in [6.07, 6.45) is 1.23. The number of nitro benzene ring substituents is 1. The average Bonchev–Trinajstić information content (AvgIpc) is 2.27. The summed E-state index contributed by atoms with van der Waals surface area (Å²) in [6.45, 7) is -0.0174.